The Balaban J connectivity index is 3.14. The number of aliphatic hydroxyl groups excluding tert-OH is 1. The fourth-order valence-corrected chi connectivity index (χ4v) is 0.779. The van der Waals surface area contributed by atoms with Gasteiger partial charge in [-0.1, -0.05) is 6.08 Å². The summed E-state index contributed by atoms with van der Waals surface area (Å²) in [6.07, 6.45) is 1.69. The number of carbonyl (C=O) groups excluding carboxylic acids is 1. The van der Waals surface area contributed by atoms with E-state index in [-0.39, 0.29) is 19.1 Å². The Morgan fingerprint density at radius 2 is 2.29 bits per heavy atom. The van der Waals surface area contributed by atoms with E-state index in [1.165, 1.54) is 0 Å². The monoisotopic (exact) mass is 202 g/mol. The number of rotatable bonds is 9. The van der Waals surface area contributed by atoms with Crippen molar-refractivity contribution in [3.05, 3.63) is 12.7 Å². The fraction of sp³-hybridized carbons (Fsp3) is 0.667. The van der Waals surface area contributed by atoms with Crippen LogP contribution in [-0.4, -0.2) is 50.5 Å². The second kappa shape index (κ2) is 10.2. The highest BCUT2D eigenvalue weighted by Crippen LogP contribution is 1.72. The maximum absolute atomic E-state index is 11.0. The summed E-state index contributed by atoms with van der Waals surface area (Å²) in [4.78, 5) is 11.0. The number of amides is 1. The van der Waals surface area contributed by atoms with Crippen LogP contribution in [0.1, 0.15) is 0 Å². The van der Waals surface area contributed by atoms with Crippen LogP contribution < -0.4 is 10.6 Å². The lowest BCUT2D eigenvalue weighted by Gasteiger charge is -2.05. The van der Waals surface area contributed by atoms with Gasteiger partial charge in [0.2, 0.25) is 5.91 Å². The van der Waals surface area contributed by atoms with Crippen LogP contribution in [0.3, 0.4) is 0 Å². The Labute approximate surface area is 84.1 Å². The average Bonchev–Trinajstić information content (AvgIpc) is 2.18. The van der Waals surface area contributed by atoms with E-state index < -0.39 is 0 Å². The Kier molecular flexibility index (Phi) is 9.51. The highest BCUT2D eigenvalue weighted by molar-refractivity contribution is 5.77. The Hall–Kier alpha value is -0.910. The molecule has 5 heteroatoms. The molecule has 0 fully saturated rings. The van der Waals surface area contributed by atoms with Crippen molar-refractivity contribution in [2.75, 3.05) is 39.5 Å². The largest absolute Gasteiger partial charge is 0.394 e. The molecule has 3 N–H and O–H groups in total. The molecule has 0 saturated heterocycles. The van der Waals surface area contributed by atoms with Gasteiger partial charge in [0.25, 0.3) is 0 Å². The first-order chi connectivity index (χ1) is 6.81. The zero-order valence-corrected chi connectivity index (χ0v) is 8.29. The molecule has 0 aromatic rings. The third kappa shape index (κ3) is 9.18. The molecule has 0 spiro atoms. The Morgan fingerprint density at radius 1 is 1.50 bits per heavy atom. The van der Waals surface area contributed by atoms with E-state index >= 15 is 0 Å². The van der Waals surface area contributed by atoms with Gasteiger partial charge < -0.3 is 20.5 Å². The third-order valence-electron chi connectivity index (χ3n) is 1.38. The molecular weight excluding hydrogens is 184 g/mol. The van der Waals surface area contributed by atoms with Gasteiger partial charge in [-0.2, -0.15) is 0 Å². The molecule has 82 valence electrons. The molecule has 5 nitrogen and oxygen atoms in total. The highest BCUT2D eigenvalue weighted by Gasteiger charge is 1.97. The average molecular weight is 202 g/mol. The Bertz CT molecular complexity index is 162. The van der Waals surface area contributed by atoms with Crippen molar-refractivity contribution in [2.24, 2.45) is 0 Å². The first kappa shape index (κ1) is 13.1. The molecular formula is C9H18N2O3. The standard InChI is InChI=1S/C9H18N2O3/c1-2-3-10-8-9(13)11-4-6-14-7-5-12/h2,10,12H,1,3-8H2,(H,11,13). The van der Waals surface area contributed by atoms with Gasteiger partial charge in [-0.15, -0.1) is 6.58 Å². The van der Waals surface area contributed by atoms with Crippen LogP contribution in [0.5, 0.6) is 0 Å². The molecule has 14 heavy (non-hydrogen) atoms. The summed E-state index contributed by atoms with van der Waals surface area (Å²) in [7, 11) is 0. The maximum atomic E-state index is 11.0. The van der Waals surface area contributed by atoms with Crippen molar-refractivity contribution in [2.45, 2.75) is 0 Å². The van der Waals surface area contributed by atoms with Crippen molar-refractivity contribution < 1.29 is 14.6 Å². The van der Waals surface area contributed by atoms with Crippen LogP contribution in [0.25, 0.3) is 0 Å². The molecule has 0 aliphatic heterocycles. The van der Waals surface area contributed by atoms with E-state index in [1.54, 1.807) is 6.08 Å². The molecule has 0 saturated carbocycles. The maximum Gasteiger partial charge on any atom is 0.234 e. The highest BCUT2D eigenvalue weighted by atomic mass is 16.5. The summed E-state index contributed by atoms with van der Waals surface area (Å²) in [5, 5.41) is 13.9. The number of aliphatic hydroxyl groups is 1. The van der Waals surface area contributed by atoms with Gasteiger partial charge in [0.15, 0.2) is 0 Å². The van der Waals surface area contributed by atoms with Gasteiger partial charge in [-0.3, -0.25) is 4.79 Å². The number of carbonyl (C=O) groups is 1. The number of ether oxygens (including phenoxy) is 1. The lowest BCUT2D eigenvalue weighted by Crippen LogP contribution is -2.35. The van der Waals surface area contributed by atoms with Crippen molar-refractivity contribution in [3.8, 4) is 0 Å². The molecule has 1 amide bonds. The number of hydrogen-bond acceptors (Lipinski definition) is 4. The Morgan fingerprint density at radius 3 is 2.93 bits per heavy atom. The van der Waals surface area contributed by atoms with Crippen LogP contribution in [0.4, 0.5) is 0 Å². The summed E-state index contributed by atoms with van der Waals surface area (Å²) in [5.74, 6) is -0.0700. The smallest absolute Gasteiger partial charge is 0.234 e. The first-order valence-corrected chi connectivity index (χ1v) is 4.58. The van der Waals surface area contributed by atoms with Crippen molar-refractivity contribution >= 4 is 5.91 Å². The summed E-state index contributed by atoms with van der Waals surface area (Å²) in [6.45, 7) is 5.63. The minimum absolute atomic E-state index is 0.00877. The van der Waals surface area contributed by atoms with E-state index in [1.807, 2.05) is 0 Å². The second-order valence-electron chi connectivity index (χ2n) is 2.61. The minimum atomic E-state index is -0.0700. The summed E-state index contributed by atoms with van der Waals surface area (Å²) in [6, 6.07) is 0. The van der Waals surface area contributed by atoms with E-state index in [0.29, 0.717) is 26.3 Å². The van der Waals surface area contributed by atoms with Crippen molar-refractivity contribution in [1.29, 1.82) is 0 Å². The van der Waals surface area contributed by atoms with Crippen LogP contribution in [0, 0.1) is 0 Å². The summed E-state index contributed by atoms with van der Waals surface area (Å²) < 4.78 is 4.96. The summed E-state index contributed by atoms with van der Waals surface area (Å²) in [5.41, 5.74) is 0. The predicted octanol–water partition coefficient (Wildman–Crippen LogP) is -1.11. The second-order valence-corrected chi connectivity index (χ2v) is 2.61. The number of nitrogens with one attached hydrogen (secondary N) is 2. The zero-order chi connectivity index (χ0) is 10.6. The van der Waals surface area contributed by atoms with Crippen LogP contribution in [-0.2, 0) is 9.53 Å². The quantitative estimate of drug-likeness (QED) is 0.327. The molecule has 0 atom stereocenters. The molecule has 0 unspecified atom stereocenters. The minimum Gasteiger partial charge on any atom is -0.394 e. The molecule has 0 aliphatic rings. The molecule has 0 radical (unpaired) electrons. The molecule has 0 heterocycles. The third-order valence-corrected chi connectivity index (χ3v) is 1.38. The zero-order valence-electron chi connectivity index (χ0n) is 8.29. The lowest BCUT2D eigenvalue weighted by atomic mass is 10.5. The molecule has 0 aromatic carbocycles. The molecule has 0 aromatic heterocycles. The van der Waals surface area contributed by atoms with Gasteiger partial charge in [0, 0.05) is 13.1 Å². The molecule has 0 bridgehead atoms. The van der Waals surface area contributed by atoms with Crippen molar-refractivity contribution in [1.82, 2.24) is 10.6 Å². The lowest BCUT2D eigenvalue weighted by molar-refractivity contribution is -0.120. The molecule has 0 rings (SSSR count). The van der Waals surface area contributed by atoms with Gasteiger partial charge in [-0.25, -0.2) is 0 Å². The van der Waals surface area contributed by atoms with E-state index in [0.717, 1.165) is 0 Å². The van der Waals surface area contributed by atoms with Crippen LogP contribution in [0.15, 0.2) is 12.7 Å². The van der Waals surface area contributed by atoms with Gasteiger partial charge in [-0.05, 0) is 0 Å². The first-order valence-electron chi connectivity index (χ1n) is 4.58. The van der Waals surface area contributed by atoms with Crippen LogP contribution in [0.2, 0.25) is 0 Å². The van der Waals surface area contributed by atoms with Gasteiger partial charge in [0.05, 0.1) is 26.4 Å². The normalized spacial score (nSPS) is 9.79. The van der Waals surface area contributed by atoms with Gasteiger partial charge >= 0.3 is 0 Å². The van der Waals surface area contributed by atoms with E-state index in [4.69, 9.17) is 9.84 Å². The predicted molar refractivity (Wildman–Crippen MR) is 54.0 cm³/mol. The van der Waals surface area contributed by atoms with Crippen LogP contribution >= 0.6 is 0 Å². The van der Waals surface area contributed by atoms with Gasteiger partial charge in [0.1, 0.15) is 0 Å². The topological polar surface area (TPSA) is 70.6 Å². The van der Waals surface area contributed by atoms with E-state index in [9.17, 15) is 4.79 Å². The SMILES string of the molecule is C=CCNCC(=O)NCCOCCO. The van der Waals surface area contributed by atoms with E-state index in [2.05, 4.69) is 17.2 Å². The molecule has 0 aliphatic carbocycles. The van der Waals surface area contributed by atoms with Crippen molar-refractivity contribution in [3.63, 3.8) is 0 Å². The summed E-state index contributed by atoms with van der Waals surface area (Å²) >= 11 is 0. The fourth-order valence-electron chi connectivity index (χ4n) is 0.779. The number of hydrogen-bond donors (Lipinski definition) is 3.